The first-order valence-corrected chi connectivity index (χ1v) is 18.8. The van der Waals surface area contributed by atoms with E-state index in [4.69, 9.17) is 25.8 Å². The molecule has 1 aliphatic carbocycles. The summed E-state index contributed by atoms with van der Waals surface area (Å²) in [5.74, 6) is 1.73. The van der Waals surface area contributed by atoms with Crippen LogP contribution in [-0.2, 0) is 26.9 Å². The average molecular weight is 675 g/mol. The number of halogens is 1. The third-order valence-corrected chi connectivity index (χ3v) is 9.66. The highest BCUT2D eigenvalue weighted by Crippen LogP contribution is 2.43. The number of allylic oxidation sites excluding steroid dienone is 1. The first-order valence-electron chi connectivity index (χ1n) is 17.1. The zero-order valence-corrected chi connectivity index (χ0v) is 30.3. The van der Waals surface area contributed by atoms with E-state index in [1.807, 2.05) is 18.2 Å². The van der Waals surface area contributed by atoms with E-state index in [2.05, 4.69) is 61.6 Å². The Hall–Kier alpha value is -2.39. The van der Waals surface area contributed by atoms with E-state index in [0.717, 1.165) is 61.7 Å². The Balaban J connectivity index is 0.00000185. The Bertz CT molecular complexity index is 1290. The van der Waals surface area contributed by atoms with Gasteiger partial charge in [0.1, 0.15) is 16.7 Å². The van der Waals surface area contributed by atoms with Crippen LogP contribution in [0.4, 0.5) is 5.69 Å². The topological polar surface area (TPSA) is 77.1 Å². The lowest BCUT2D eigenvalue weighted by molar-refractivity contribution is -0.0308. The van der Waals surface area contributed by atoms with E-state index in [-0.39, 0.29) is 17.9 Å². The van der Waals surface area contributed by atoms with Gasteiger partial charge in [0.2, 0.25) is 0 Å². The van der Waals surface area contributed by atoms with Gasteiger partial charge in [-0.1, -0.05) is 77.3 Å². The van der Waals surface area contributed by atoms with Crippen molar-refractivity contribution in [2.75, 3.05) is 50.7 Å². The summed E-state index contributed by atoms with van der Waals surface area (Å²) >= 11 is 6.41. The molecule has 4 rings (SSSR count). The molecule has 0 saturated heterocycles. The first kappa shape index (κ1) is 38.1. The molecular formula is C37H55ClN2O5S. The van der Waals surface area contributed by atoms with E-state index in [9.17, 15) is 9.00 Å². The van der Waals surface area contributed by atoms with Gasteiger partial charge in [0.25, 0.3) is 5.91 Å². The Labute approximate surface area is 285 Å². The molecule has 0 spiro atoms. The molecule has 1 saturated carbocycles. The molecule has 2 aliphatic rings. The van der Waals surface area contributed by atoms with E-state index >= 15 is 0 Å². The SMILES string of the molecule is CC/C=C/C(OCCOC)C1CCC1CN1CC(c2ccc(Cl)cc2CCC)COc2ccc(C(=O)NS(=O)CC)cc21.CCC. The molecule has 256 valence electrons. The number of hydrogen-bond donors (Lipinski definition) is 1. The third-order valence-electron chi connectivity index (χ3n) is 8.49. The number of nitrogens with zero attached hydrogens (tertiary/aromatic N) is 1. The molecule has 7 nitrogen and oxygen atoms in total. The number of carbonyl (C=O) groups excluding carboxylic acids is 1. The van der Waals surface area contributed by atoms with Crippen LogP contribution in [0.5, 0.6) is 5.75 Å². The van der Waals surface area contributed by atoms with Crippen LogP contribution in [0, 0.1) is 11.8 Å². The second kappa shape index (κ2) is 20.1. The second-order valence-electron chi connectivity index (χ2n) is 12.1. The summed E-state index contributed by atoms with van der Waals surface area (Å²) in [5.41, 5.74) is 3.89. The van der Waals surface area contributed by atoms with Gasteiger partial charge in [0.15, 0.2) is 0 Å². The zero-order chi connectivity index (χ0) is 33.5. The number of amides is 1. The van der Waals surface area contributed by atoms with Crippen molar-refractivity contribution in [3.05, 3.63) is 70.3 Å². The molecule has 0 radical (unpaired) electrons. The van der Waals surface area contributed by atoms with Crippen molar-refractivity contribution < 1.29 is 23.2 Å². The lowest BCUT2D eigenvalue weighted by atomic mass is 9.70. The monoisotopic (exact) mass is 674 g/mol. The quantitative estimate of drug-likeness (QED) is 0.152. The number of rotatable bonds is 15. The fourth-order valence-electron chi connectivity index (χ4n) is 6.09. The van der Waals surface area contributed by atoms with Gasteiger partial charge in [-0.05, 0) is 79.0 Å². The Morgan fingerprint density at radius 1 is 1.13 bits per heavy atom. The molecule has 0 aromatic heterocycles. The maximum atomic E-state index is 13.0. The van der Waals surface area contributed by atoms with Crippen LogP contribution in [0.25, 0.3) is 0 Å². The summed E-state index contributed by atoms with van der Waals surface area (Å²) in [4.78, 5) is 15.4. The number of carbonyl (C=O) groups is 1. The predicted molar refractivity (Wildman–Crippen MR) is 192 cm³/mol. The van der Waals surface area contributed by atoms with Gasteiger partial charge < -0.3 is 19.1 Å². The van der Waals surface area contributed by atoms with Crippen molar-refractivity contribution in [2.45, 2.75) is 85.2 Å². The molecule has 5 unspecified atom stereocenters. The Kier molecular flexibility index (Phi) is 16.6. The molecule has 1 aliphatic heterocycles. The number of fused-ring (bicyclic) bond motifs is 1. The molecule has 1 fully saturated rings. The third kappa shape index (κ3) is 10.8. The smallest absolute Gasteiger partial charge is 0.263 e. The minimum absolute atomic E-state index is 0.0425. The lowest BCUT2D eigenvalue weighted by Crippen LogP contribution is -2.44. The van der Waals surface area contributed by atoms with Crippen molar-refractivity contribution in [1.82, 2.24) is 4.72 Å². The second-order valence-corrected chi connectivity index (χ2v) is 14.0. The van der Waals surface area contributed by atoms with Gasteiger partial charge in [0, 0.05) is 42.5 Å². The molecule has 46 heavy (non-hydrogen) atoms. The van der Waals surface area contributed by atoms with Crippen LogP contribution >= 0.6 is 11.6 Å². The highest BCUT2D eigenvalue weighted by Gasteiger charge is 2.39. The number of hydrogen-bond acceptors (Lipinski definition) is 6. The Morgan fingerprint density at radius 2 is 1.91 bits per heavy atom. The van der Waals surface area contributed by atoms with Gasteiger partial charge in [-0.15, -0.1) is 0 Å². The van der Waals surface area contributed by atoms with E-state index in [1.54, 1.807) is 20.1 Å². The number of ether oxygens (including phenoxy) is 3. The van der Waals surface area contributed by atoms with E-state index in [0.29, 0.717) is 43.0 Å². The number of nitrogens with one attached hydrogen (secondary N) is 1. The molecule has 1 amide bonds. The van der Waals surface area contributed by atoms with Crippen molar-refractivity contribution in [2.24, 2.45) is 11.8 Å². The van der Waals surface area contributed by atoms with E-state index < -0.39 is 11.0 Å². The maximum absolute atomic E-state index is 13.0. The molecule has 2 aromatic rings. The summed E-state index contributed by atoms with van der Waals surface area (Å²) in [7, 11) is 0.285. The van der Waals surface area contributed by atoms with Crippen LogP contribution in [0.2, 0.25) is 5.02 Å². The van der Waals surface area contributed by atoms with Crippen LogP contribution < -0.4 is 14.4 Å². The molecule has 0 bridgehead atoms. The van der Waals surface area contributed by atoms with Gasteiger partial charge in [-0.2, -0.15) is 0 Å². The van der Waals surface area contributed by atoms with Crippen molar-refractivity contribution in [3.63, 3.8) is 0 Å². The van der Waals surface area contributed by atoms with Crippen molar-refractivity contribution >= 4 is 34.2 Å². The number of aryl methyl sites for hydroxylation is 1. The van der Waals surface area contributed by atoms with Crippen molar-refractivity contribution in [1.29, 1.82) is 0 Å². The molecular weight excluding hydrogens is 620 g/mol. The summed E-state index contributed by atoms with van der Waals surface area (Å²) in [6.07, 6.45) is 10.9. The highest BCUT2D eigenvalue weighted by atomic mass is 35.5. The van der Waals surface area contributed by atoms with E-state index in [1.165, 1.54) is 17.5 Å². The summed E-state index contributed by atoms with van der Waals surface area (Å²) in [6, 6.07) is 11.7. The fourth-order valence-corrected chi connectivity index (χ4v) is 6.75. The molecule has 1 heterocycles. The number of benzene rings is 2. The lowest BCUT2D eigenvalue weighted by Gasteiger charge is -2.44. The largest absolute Gasteiger partial charge is 0.491 e. The minimum atomic E-state index is -1.41. The fraction of sp³-hybridized carbons (Fsp3) is 0.595. The van der Waals surface area contributed by atoms with Crippen LogP contribution in [0.1, 0.15) is 94.1 Å². The number of methoxy groups -OCH3 is 1. The normalized spacial score (nSPS) is 20.4. The predicted octanol–water partition coefficient (Wildman–Crippen LogP) is 8.13. The zero-order valence-electron chi connectivity index (χ0n) is 28.7. The van der Waals surface area contributed by atoms with Crippen LogP contribution in [0.3, 0.4) is 0 Å². The summed E-state index contributed by atoms with van der Waals surface area (Å²) in [5, 5.41) is 0.749. The van der Waals surface area contributed by atoms with Gasteiger partial charge in [-0.3, -0.25) is 9.52 Å². The first-order chi connectivity index (χ1) is 22.3. The van der Waals surface area contributed by atoms with Crippen LogP contribution in [0.15, 0.2) is 48.6 Å². The highest BCUT2D eigenvalue weighted by molar-refractivity contribution is 7.83. The van der Waals surface area contributed by atoms with Gasteiger partial charge >= 0.3 is 0 Å². The average Bonchev–Trinajstić information content (AvgIpc) is 3.21. The molecule has 2 aromatic carbocycles. The minimum Gasteiger partial charge on any atom is -0.491 e. The standard InChI is InChI=1S/C34H47ClN2O5S.C3H8/c1-5-8-10-32(41-18-17-40-4)30-14-11-26(30)21-37-22-27(29-15-13-28(35)19-24(29)9-6-2)23-42-33-16-12-25(20-31(33)37)34(38)36-43(39)7-3;1-3-2/h8,10,12-13,15-16,19-20,26-27,30,32H,5-7,9,11,14,17-18,21-23H2,1-4H3,(H,36,38);3H2,1-2H3/b10-8+;. The molecule has 5 atom stereocenters. The number of anilines is 1. The summed E-state index contributed by atoms with van der Waals surface area (Å²) < 4.78 is 32.7. The van der Waals surface area contributed by atoms with Gasteiger partial charge in [0.05, 0.1) is 31.6 Å². The van der Waals surface area contributed by atoms with Crippen molar-refractivity contribution in [3.8, 4) is 5.75 Å². The molecule has 9 heteroatoms. The molecule has 1 N–H and O–H groups in total. The maximum Gasteiger partial charge on any atom is 0.263 e. The Morgan fingerprint density at radius 3 is 2.57 bits per heavy atom. The van der Waals surface area contributed by atoms with Crippen LogP contribution in [-0.4, -0.2) is 62.0 Å². The van der Waals surface area contributed by atoms with Gasteiger partial charge in [-0.25, -0.2) is 4.21 Å². The summed E-state index contributed by atoms with van der Waals surface area (Å²) in [6.45, 7) is 13.6.